The minimum atomic E-state index is 0.282. The van der Waals surface area contributed by atoms with E-state index in [1.165, 1.54) is 5.56 Å². The van der Waals surface area contributed by atoms with Crippen LogP contribution in [-0.4, -0.2) is 37.3 Å². The van der Waals surface area contributed by atoms with Crippen molar-refractivity contribution in [1.29, 1.82) is 0 Å². The van der Waals surface area contributed by atoms with Gasteiger partial charge in [-0.2, -0.15) is 0 Å². The number of rotatable bonds is 5. The summed E-state index contributed by atoms with van der Waals surface area (Å²) in [6.07, 6.45) is 4.51. The summed E-state index contributed by atoms with van der Waals surface area (Å²) in [6, 6.07) is 4.69. The maximum atomic E-state index is 5.68. The average Bonchev–Trinajstić information content (AvgIpc) is 2.69. The Morgan fingerprint density at radius 3 is 3.05 bits per heavy atom. The van der Waals surface area contributed by atoms with Crippen LogP contribution in [-0.2, 0) is 4.74 Å². The van der Waals surface area contributed by atoms with E-state index in [1.807, 2.05) is 6.20 Å². The van der Waals surface area contributed by atoms with Gasteiger partial charge in [0.15, 0.2) is 0 Å². The van der Waals surface area contributed by atoms with Crippen molar-refractivity contribution in [2.75, 3.05) is 31.1 Å². The second kappa shape index (κ2) is 7.60. The molecule has 1 N–H and O–H groups in total. The molecule has 4 heteroatoms. The quantitative estimate of drug-likeness (QED) is 0.898. The molecule has 1 fully saturated rings. The van der Waals surface area contributed by atoms with E-state index in [2.05, 4.69) is 48.1 Å². The number of anilines is 1. The summed E-state index contributed by atoms with van der Waals surface area (Å²) in [4.78, 5) is 6.96. The summed E-state index contributed by atoms with van der Waals surface area (Å²) in [5.41, 5.74) is 1.25. The third-order valence-corrected chi connectivity index (χ3v) is 3.75. The fourth-order valence-electron chi connectivity index (χ4n) is 2.52. The van der Waals surface area contributed by atoms with Crippen molar-refractivity contribution in [2.24, 2.45) is 0 Å². The van der Waals surface area contributed by atoms with Crippen LogP contribution >= 0.6 is 0 Å². The van der Waals surface area contributed by atoms with E-state index in [0.29, 0.717) is 6.04 Å². The molecule has 1 saturated heterocycles. The highest BCUT2D eigenvalue weighted by molar-refractivity contribution is 5.40. The maximum absolute atomic E-state index is 5.68. The van der Waals surface area contributed by atoms with Crippen LogP contribution in [0.15, 0.2) is 18.3 Å². The molecule has 0 aromatic carbocycles. The van der Waals surface area contributed by atoms with E-state index >= 15 is 0 Å². The van der Waals surface area contributed by atoms with Gasteiger partial charge in [0.25, 0.3) is 0 Å². The van der Waals surface area contributed by atoms with Crippen LogP contribution < -0.4 is 10.2 Å². The standard InChI is InChI=1S/C16H27N3O/c1-4-8-17-14(3)15-6-7-16(18-11-15)19-9-5-10-20-13(2)12-19/h6-7,11,13-14,17H,4-5,8-10,12H2,1-3H3. The molecule has 112 valence electrons. The molecule has 2 atom stereocenters. The van der Waals surface area contributed by atoms with Gasteiger partial charge in [0.2, 0.25) is 0 Å². The third kappa shape index (κ3) is 4.18. The molecule has 1 aliphatic rings. The topological polar surface area (TPSA) is 37.4 Å². The molecule has 1 aromatic heterocycles. The van der Waals surface area contributed by atoms with Gasteiger partial charge in [0, 0.05) is 31.9 Å². The third-order valence-electron chi connectivity index (χ3n) is 3.75. The van der Waals surface area contributed by atoms with Crippen LogP contribution in [0.2, 0.25) is 0 Å². The van der Waals surface area contributed by atoms with Gasteiger partial charge in [0.05, 0.1) is 6.10 Å². The Morgan fingerprint density at radius 1 is 1.50 bits per heavy atom. The largest absolute Gasteiger partial charge is 0.377 e. The molecule has 0 radical (unpaired) electrons. The summed E-state index contributed by atoms with van der Waals surface area (Å²) < 4.78 is 5.68. The molecular weight excluding hydrogens is 250 g/mol. The number of nitrogens with one attached hydrogen (secondary N) is 1. The van der Waals surface area contributed by atoms with Crippen molar-refractivity contribution in [3.63, 3.8) is 0 Å². The highest BCUT2D eigenvalue weighted by Crippen LogP contribution is 2.18. The lowest BCUT2D eigenvalue weighted by molar-refractivity contribution is 0.0820. The van der Waals surface area contributed by atoms with Crippen molar-refractivity contribution in [1.82, 2.24) is 10.3 Å². The van der Waals surface area contributed by atoms with E-state index in [4.69, 9.17) is 4.74 Å². The Balaban J connectivity index is 1.99. The summed E-state index contributed by atoms with van der Waals surface area (Å²) in [6.45, 7) is 10.4. The van der Waals surface area contributed by atoms with Gasteiger partial charge in [-0.15, -0.1) is 0 Å². The van der Waals surface area contributed by atoms with E-state index in [9.17, 15) is 0 Å². The molecule has 2 unspecified atom stereocenters. The smallest absolute Gasteiger partial charge is 0.128 e. The number of aromatic nitrogens is 1. The van der Waals surface area contributed by atoms with Crippen molar-refractivity contribution >= 4 is 5.82 Å². The first-order valence-electron chi connectivity index (χ1n) is 7.76. The van der Waals surface area contributed by atoms with Gasteiger partial charge < -0.3 is 15.0 Å². The van der Waals surface area contributed by atoms with Gasteiger partial charge in [0.1, 0.15) is 5.82 Å². The molecule has 0 aliphatic carbocycles. The van der Waals surface area contributed by atoms with Gasteiger partial charge in [-0.1, -0.05) is 13.0 Å². The zero-order chi connectivity index (χ0) is 14.4. The van der Waals surface area contributed by atoms with Crippen LogP contribution in [0, 0.1) is 0 Å². The molecule has 2 rings (SSSR count). The Bertz CT molecular complexity index is 393. The van der Waals surface area contributed by atoms with E-state index in [0.717, 1.165) is 44.9 Å². The summed E-state index contributed by atoms with van der Waals surface area (Å²) in [5.74, 6) is 1.06. The lowest BCUT2D eigenvalue weighted by Crippen LogP contribution is -2.30. The van der Waals surface area contributed by atoms with Crippen molar-refractivity contribution in [2.45, 2.75) is 45.8 Å². The highest BCUT2D eigenvalue weighted by Gasteiger charge is 2.16. The maximum Gasteiger partial charge on any atom is 0.128 e. The predicted molar refractivity (Wildman–Crippen MR) is 83.2 cm³/mol. The molecule has 2 heterocycles. The first kappa shape index (κ1) is 15.3. The lowest BCUT2D eigenvalue weighted by atomic mass is 10.1. The summed E-state index contributed by atoms with van der Waals surface area (Å²) >= 11 is 0. The zero-order valence-electron chi connectivity index (χ0n) is 12.9. The van der Waals surface area contributed by atoms with Crippen LogP contribution in [0.4, 0.5) is 5.82 Å². The van der Waals surface area contributed by atoms with Crippen molar-refractivity contribution in [3.8, 4) is 0 Å². The Labute approximate surface area is 122 Å². The van der Waals surface area contributed by atoms with Crippen LogP contribution in [0.1, 0.15) is 45.2 Å². The van der Waals surface area contributed by atoms with E-state index in [-0.39, 0.29) is 6.10 Å². The second-order valence-electron chi connectivity index (χ2n) is 5.61. The number of nitrogens with zero attached hydrogens (tertiary/aromatic N) is 2. The number of pyridine rings is 1. The van der Waals surface area contributed by atoms with Crippen LogP contribution in [0.5, 0.6) is 0 Å². The molecule has 0 bridgehead atoms. The first-order valence-corrected chi connectivity index (χ1v) is 7.76. The van der Waals surface area contributed by atoms with Gasteiger partial charge >= 0.3 is 0 Å². The Hall–Kier alpha value is -1.13. The lowest BCUT2D eigenvalue weighted by Gasteiger charge is -2.23. The van der Waals surface area contributed by atoms with Crippen molar-refractivity contribution < 1.29 is 4.74 Å². The number of hydrogen-bond acceptors (Lipinski definition) is 4. The average molecular weight is 277 g/mol. The zero-order valence-corrected chi connectivity index (χ0v) is 12.9. The molecule has 0 spiro atoms. The van der Waals surface area contributed by atoms with Gasteiger partial charge in [-0.25, -0.2) is 4.98 Å². The molecule has 4 nitrogen and oxygen atoms in total. The number of hydrogen-bond donors (Lipinski definition) is 1. The van der Waals surface area contributed by atoms with Crippen molar-refractivity contribution in [3.05, 3.63) is 23.9 Å². The van der Waals surface area contributed by atoms with E-state index < -0.39 is 0 Å². The molecular formula is C16H27N3O. The molecule has 0 amide bonds. The van der Waals surface area contributed by atoms with Crippen LogP contribution in [0.25, 0.3) is 0 Å². The SMILES string of the molecule is CCCNC(C)c1ccc(N2CCCOC(C)C2)nc1. The van der Waals surface area contributed by atoms with Gasteiger partial charge in [-0.05, 0) is 44.9 Å². The summed E-state index contributed by atoms with van der Waals surface area (Å²) in [7, 11) is 0. The summed E-state index contributed by atoms with van der Waals surface area (Å²) in [5, 5.41) is 3.49. The van der Waals surface area contributed by atoms with Gasteiger partial charge in [-0.3, -0.25) is 0 Å². The fraction of sp³-hybridized carbons (Fsp3) is 0.688. The van der Waals surface area contributed by atoms with Crippen LogP contribution in [0.3, 0.4) is 0 Å². The first-order chi connectivity index (χ1) is 9.70. The molecule has 20 heavy (non-hydrogen) atoms. The fourth-order valence-corrected chi connectivity index (χ4v) is 2.52. The predicted octanol–water partition coefficient (Wildman–Crippen LogP) is 2.76. The number of ether oxygens (including phenoxy) is 1. The molecule has 1 aromatic rings. The normalized spacial score (nSPS) is 21.6. The van der Waals surface area contributed by atoms with E-state index in [1.54, 1.807) is 0 Å². The second-order valence-corrected chi connectivity index (χ2v) is 5.61. The minimum Gasteiger partial charge on any atom is -0.377 e. The monoisotopic (exact) mass is 277 g/mol. The highest BCUT2D eigenvalue weighted by atomic mass is 16.5. The Morgan fingerprint density at radius 2 is 2.35 bits per heavy atom. The minimum absolute atomic E-state index is 0.282. The molecule has 1 aliphatic heterocycles. The Kier molecular flexibility index (Phi) is 5.80. The molecule has 0 saturated carbocycles.